The van der Waals surface area contributed by atoms with Gasteiger partial charge in [-0.25, -0.2) is 4.79 Å². The van der Waals surface area contributed by atoms with E-state index in [4.69, 9.17) is 18.9 Å². The van der Waals surface area contributed by atoms with E-state index in [0.717, 1.165) is 25.1 Å². The molecule has 0 aliphatic carbocycles. The van der Waals surface area contributed by atoms with Crippen molar-refractivity contribution in [3.63, 3.8) is 0 Å². The number of hydrogen-bond acceptors (Lipinski definition) is 10. The van der Waals surface area contributed by atoms with Crippen LogP contribution < -0.4 is 0 Å². The molecule has 0 aromatic heterocycles. The van der Waals surface area contributed by atoms with E-state index >= 15 is 0 Å². The van der Waals surface area contributed by atoms with Gasteiger partial charge in [0.05, 0.1) is 36.4 Å². The molecule has 10 unspecified atom stereocenters. The second-order valence-electron chi connectivity index (χ2n) is 14.0. The number of amides is 1. The Bertz CT molecular complexity index is 1090. The maximum Gasteiger partial charge on any atom is 0.410 e. The van der Waals surface area contributed by atoms with Crippen LogP contribution in [0.2, 0.25) is 0 Å². The fourth-order valence-electron chi connectivity index (χ4n) is 6.35. The molecule has 46 heavy (non-hydrogen) atoms. The Morgan fingerprint density at radius 3 is 2.57 bits per heavy atom. The number of nitrogens with zero attached hydrogens (tertiary/aromatic N) is 2. The van der Waals surface area contributed by atoms with E-state index in [1.807, 2.05) is 20.9 Å². The SMILES string of the molecule is CCC(OC)C(C)C1OC1CC(C)(O)/C=C/C=C(\C)C1OC(=O)CC(O)CCC(C)(O)C(OC(=O)N2CCN(C)CC2)/C=C\C1C. The number of piperazine rings is 1. The molecule has 2 fully saturated rings. The van der Waals surface area contributed by atoms with Gasteiger partial charge < -0.3 is 44.1 Å². The summed E-state index contributed by atoms with van der Waals surface area (Å²) in [5.41, 5.74) is -1.86. The van der Waals surface area contributed by atoms with Gasteiger partial charge in [-0.3, -0.25) is 4.79 Å². The van der Waals surface area contributed by atoms with Crippen LogP contribution in [0.15, 0.2) is 36.0 Å². The zero-order chi connectivity index (χ0) is 34.2. The summed E-state index contributed by atoms with van der Waals surface area (Å²) in [5.74, 6) is -0.683. The van der Waals surface area contributed by atoms with Crippen LogP contribution in [0.5, 0.6) is 0 Å². The minimum Gasteiger partial charge on any atom is -0.457 e. The molecule has 1 amide bonds. The van der Waals surface area contributed by atoms with Crippen molar-refractivity contribution in [2.24, 2.45) is 11.8 Å². The molecule has 0 aromatic rings. The Morgan fingerprint density at radius 1 is 1.26 bits per heavy atom. The quantitative estimate of drug-likeness (QED) is 0.139. The maximum atomic E-state index is 13.0. The first-order valence-electron chi connectivity index (χ1n) is 16.8. The number of methoxy groups -OCH3 is 1. The Labute approximate surface area is 275 Å². The third-order valence-corrected chi connectivity index (χ3v) is 9.62. The van der Waals surface area contributed by atoms with Gasteiger partial charge in [-0.05, 0) is 58.7 Å². The smallest absolute Gasteiger partial charge is 0.410 e. The van der Waals surface area contributed by atoms with Gasteiger partial charge in [0.25, 0.3) is 0 Å². The van der Waals surface area contributed by atoms with E-state index in [1.165, 1.54) is 0 Å². The van der Waals surface area contributed by atoms with Crippen LogP contribution in [0.3, 0.4) is 0 Å². The maximum absolute atomic E-state index is 13.0. The lowest BCUT2D eigenvalue weighted by Gasteiger charge is -2.36. The fourth-order valence-corrected chi connectivity index (χ4v) is 6.35. The number of rotatable bonds is 10. The van der Waals surface area contributed by atoms with Gasteiger partial charge in [0.15, 0.2) is 6.10 Å². The van der Waals surface area contributed by atoms with E-state index in [0.29, 0.717) is 19.5 Å². The number of aliphatic hydroxyl groups is 3. The van der Waals surface area contributed by atoms with Crippen molar-refractivity contribution in [1.29, 1.82) is 0 Å². The number of aliphatic hydroxyl groups excluding tert-OH is 1. The Hall–Kier alpha value is -2.28. The predicted octanol–water partition coefficient (Wildman–Crippen LogP) is 3.61. The van der Waals surface area contributed by atoms with E-state index in [-0.39, 0.29) is 49.4 Å². The average Bonchev–Trinajstić information content (AvgIpc) is 3.75. The minimum absolute atomic E-state index is 0.0473. The molecule has 0 aromatic carbocycles. The molecule has 0 bridgehead atoms. The zero-order valence-corrected chi connectivity index (χ0v) is 29.1. The highest BCUT2D eigenvalue weighted by Gasteiger charge is 2.47. The van der Waals surface area contributed by atoms with Crippen LogP contribution in [-0.2, 0) is 23.7 Å². The van der Waals surface area contributed by atoms with Gasteiger partial charge in [-0.1, -0.05) is 45.1 Å². The highest BCUT2D eigenvalue weighted by molar-refractivity contribution is 5.70. The summed E-state index contributed by atoms with van der Waals surface area (Å²) in [6.45, 7) is 13.8. The largest absolute Gasteiger partial charge is 0.457 e. The molecule has 10 atom stereocenters. The molecule has 262 valence electrons. The van der Waals surface area contributed by atoms with E-state index in [2.05, 4.69) is 18.7 Å². The molecule has 3 heterocycles. The monoisotopic (exact) mass is 650 g/mol. The van der Waals surface area contributed by atoms with Crippen molar-refractivity contribution in [1.82, 2.24) is 9.80 Å². The fraction of sp³-hybridized carbons (Fsp3) is 0.771. The highest BCUT2D eigenvalue weighted by atomic mass is 16.6. The van der Waals surface area contributed by atoms with Gasteiger partial charge in [-0.2, -0.15) is 0 Å². The van der Waals surface area contributed by atoms with Crippen LogP contribution in [0.4, 0.5) is 4.79 Å². The molecule has 0 spiro atoms. The van der Waals surface area contributed by atoms with Crippen molar-refractivity contribution in [3.05, 3.63) is 36.0 Å². The van der Waals surface area contributed by atoms with Crippen molar-refractivity contribution in [2.45, 2.75) is 121 Å². The average molecular weight is 651 g/mol. The summed E-state index contributed by atoms with van der Waals surface area (Å²) >= 11 is 0. The number of allylic oxidation sites excluding steroid dienone is 2. The van der Waals surface area contributed by atoms with Crippen LogP contribution in [-0.4, -0.2) is 125 Å². The van der Waals surface area contributed by atoms with Gasteiger partial charge in [0, 0.05) is 51.5 Å². The lowest BCUT2D eigenvalue weighted by atomic mass is 9.88. The summed E-state index contributed by atoms with van der Waals surface area (Å²) in [7, 11) is 3.71. The molecule has 3 N–H and O–H groups in total. The van der Waals surface area contributed by atoms with Gasteiger partial charge in [0.2, 0.25) is 0 Å². The summed E-state index contributed by atoms with van der Waals surface area (Å²) in [4.78, 5) is 29.6. The molecule has 3 aliphatic heterocycles. The summed E-state index contributed by atoms with van der Waals surface area (Å²) in [6.07, 6.45) is 6.96. The first-order valence-corrected chi connectivity index (χ1v) is 16.8. The van der Waals surface area contributed by atoms with E-state index in [9.17, 15) is 24.9 Å². The van der Waals surface area contributed by atoms with Crippen molar-refractivity contribution in [3.8, 4) is 0 Å². The molecular weight excluding hydrogens is 592 g/mol. The first kappa shape index (κ1) is 38.2. The third kappa shape index (κ3) is 11.2. The number of carbonyl (C=O) groups excluding carboxylic acids is 2. The number of hydrogen-bond donors (Lipinski definition) is 3. The first-order chi connectivity index (χ1) is 21.6. The van der Waals surface area contributed by atoms with Crippen molar-refractivity contribution in [2.75, 3.05) is 40.3 Å². The Kier molecular flexibility index (Phi) is 13.9. The highest BCUT2D eigenvalue weighted by Crippen LogP contribution is 2.38. The standard InChI is InChI=1S/C35H58N2O9/c1-9-27(43-8)25(4)32-28(44-32)22-34(5,41)15-10-11-23(2)31-24(3)12-13-29(45-33(40)37-19-17-36(7)18-20-37)35(6,42)16-14-26(38)21-30(39)46-31/h10-13,15,24-29,31-32,38,41-42H,9,14,16-22H2,1-8H3/b13-12-,15-10+,23-11+. The molecule has 0 saturated carbocycles. The lowest BCUT2D eigenvalue weighted by Crippen LogP contribution is -2.50. The minimum atomic E-state index is -1.47. The molecule has 11 nitrogen and oxygen atoms in total. The summed E-state index contributed by atoms with van der Waals surface area (Å²) in [6, 6.07) is 0. The predicted molar refractivity (Wildman–Crippen MR) is 175 cm³/mol. The third-order valence-electron chi connectivity index (χ3n) is 9.62. The Morgan fingerprint density at radius 2 is 1.93 bits per heavy atom. The molecule has 0 radical (unpaired) electrons. The second-order valence-corrected chi connectivity index (χ2v) is 14.0. The van der Waals surface area contributed by atoms with Crippen LogP contribution in [0.1, 0.15) is 73.6 Å². The zero-order valence-electron chi connectivity index (χ0n) is 29.1. The Balaban J connectivity index is 1.74. The van der Waals surface area contributed by atoms with Crippen LogP contribution >= 0.6 is 0 Å². The van der Waals surface area contributed by atoms with E-state index in [1.54, 1.807) is 56.2 Å². The molecular formula is C35H58N2O9. The van der Waals surface area contributed by atoms with Gasteiger partial charge >= 0.3 is 12.1 Å². The number of ether oxygens (including phenoxy) is 4. The molecule has 11 heteroatoms. The normalized spacial score (nSPS) is 35.3. The number of epoxide rings is 1. The number of esters is 1. The summed E-state index contributed by atoms with van der Waals surface area (Å²) < 4.78 is 23.1. The summed E-state index contributed by atoms with van der Waals surface area (Å²) in [5, 5.41) is 33.0. The lowest BCUT2D eigenvalue weighted by molar-refractivity contribution is -0.151. The topological polar surface area (TPSA) is 142 Å². The van der Waals surface area contributed by atoms with E-state index < -0.39 is 41.6 Å². The van der Waals surface area contributed by atoms with Crippen molar-refractivity contribution >= 4 is 12.1 Å². The molecule has 3 rings (SSSR count). The van der Waals surface area contributed by atoms with Crippen molar-refractivity contribution < 1.29 is 43.9 Å². The van der Waals surface area contributed by atoms with Crippen LogP contribution in [0.25, 0.3) is 0 Å². The second kappa shape index (κ2) is 16.7. The van der Waals surface area contributed by atoms with Gasteiger partial charge in [-0.15, -0.1) is 0 Å². The molecule has 3 aliphatic rings. The number of cyclic esters (lactones) is 1. The van der Waals surface area contributed by atoms with Gasteiger partial charge in [0.1, 0.15) is 11.7 Å². The molecule has 2 saturated heterocycles. The number of likely N-dealkylation sites (N-methyl/N-ethyl adjacent to an activating group) is 1. The van der Waals surface area contributed by atoms with Crippen LogP contribution in [0, 0.1) is 11.8 Å². The number of carbonyl (C=O) groups is 2.